The number of hydrogen-bond acceptors (Lipinski definition) is 4. The van der Waals surface area contributed by atoms with Gasteiger partial charge in [0, 0.05) is 24.5 Å². The van der Waals surface area contributed by atoms with Crippen molar-refractivity contribution in [3.8, 4) is 0 Å². The number of nitrogens with zero attached hydrogens (tertiary/aromatic N) is 2. The first-order chi connectivity index (χ1) is 13.5. The summed E-state index contributed by atoms with van der Waals surface area (Å²) >= 11 is 0. The topological polar surface area (TPSA) is 79.4 Å². The minimum atomic E-state index is -0.546. The van der Waals surface area contributed by atoms with Crippen LogP contribution in [0.3, 0.4) is 0 Å². The molecule has 138 valence electrons. The van der Waals surface area contributed by atoms with E-state index in [-0.39, 0.29) is 28.3 Å². The van der Waals surface area contributed by atoms with Crippen LogP contribution in [0.25, 0.3) is 0 Å². The van der Waals surface area contributed by atoms with Gasteiger partial charge in [0.25, 0.3) is 17.7 Å². The number of imide groups is 1. The van der Waals surface area contributed by atoms with E-state index < -0.39 is 17.6 Å². The van der Waals surface area contributed by atoms with E-state index in [1.54, 1.807) is 24.5 Å². The number of carbonyl (C=O) groups is 3. The van der Waals surface area contributed by atoms with Crippen LogP contribution in [0.15, 0.2) is 67.0 Å². The monoisotopic (exact) mass is 375 g/mol. The summed E-state index contributed by atoms with van der Waals surface area (Å²) in [5.41, 5.74) is 1.79. The van der Waals surface area contributed by atoms with Crippen molar-refractivity contribution in [2.24, 2.45) is 0 Å². The van der Waals surface area contributed by atoms with Crippen LogP contribution in [-0.2, 0) is 6.54 Å². The van der Waals surface area contributed by atoms with E-state index in [1.807, 2.05) is 0 Å². The largest absolute Gasteiger partial charge is 0.348 e. The summed E-state index contributed by atoms with van der Waals surface area (Å²) in [6.07, 6.45) is 3.26. The van der Waals surface area contributed by atoms with E-state index in [2.05, 4.69) is 10.3 Å². The number of halogens is 1. The molecule has 0 unspecified atom stereocenters. The molecule has 7 heteroatoms. The second-order valence-electron chi connectivity index (χ2n) is 6.22. The number of fused-ring (bicyclic) bond motifs is 1. The molecule has 6 nitrogen and oxygen atoms in total. The zero-order chi connectivity index (χ0) is 19.7. The predicted molar refractivity (Wildman–Crippen MR) is 99.4 cm³/mol. The summed E-state index contributed by atoms with van der Waals surface area (Å²) in [6.45, 7) is 0.313. The van der Waals surface area contributed by atoms with Crippen LogP contribution in [-0.4, -0.2) is 22.7 Å². The van der Waals surface area contributed by atoms with Gasteiger partial charge in [0.05, 0.1) is 16.8 Å². The standard InChI is InChI=1S/C21H14FN3O3/c22-15-2-4-16(5-3-15)25-20(27)17-6-1-14(11-18(17)21(25)28)19(26)24-12-13-7-9-23-10-8-13/h1-11H,12H2,(H,24,26). The molecule has 0 saturated heterocycles. The highest BCUT2D eigenvalue weighted by molar-refractivity contribution is 6.34. The fraction of sp³-hybridized carbons (Fsp3) is 0.0476. The lowest BCUT2D eigenvalue weighted by atomic mass is 10.1. The highest BCUT2D eigenvalue weighted by atomic mass is 19.1. The minimum Gasteiger partial charge on any atom is -0.348 e. The molecule has 1 aromatic heterocycles. The molecule has 3 aromatic rings. The fourth-order valence-electron chi connectivity index (χ4n) is 2.99. The Hall–Kier alpha value is -3.87. The molecule has 0 aliphatic carbocycles. The Kier molecular flexibility index (Phi) is 4.41. The molecule has 0 bridgehead atoms. The van der Waals surface area contributed by atoms with Crippen LogP contribution in [0.4, 0.5) is 10.1 Å². The van der Waals surface area contributed by atoms with Crippen molar-refractivity contribution in [2.75, 3.05) is 4.90 Å². The molecule has 0 radical (unpaired) electrons. The zero-order valence-corrected chi connectivity index (χ0v) is 14.6. The minimum absolute atomic E-state index is 0.144. The van der Waals surface area contributed by atoms with Crippen molar-refractivity contribution >= 4 is 23.4 Å². The van der Waals surface area contributed by atoms with Gasteiger partial charge in [-0.15, -0.1) is 0 Å². The highest BCUT2D eigenvalue weighted by Gasteiger charge is 2.37. The van der Waals surface area contributed by atoms with Gasteiger partial charge in [0.15, 0.2) is 0 Å². The summed E-state index contributed by atoms with van der Waals surface area (Å²) in [7, 11) is 0. The molecule has 0 saturated carbocycles. The van der Waals surface area contributed by atoms with Gasteiger partial charge in [-0.1, -0.05) is 0 Å². The maximum atomic E-state index is 13.1. The summed E-state index contributed by atoms with van der Waals surface area (Å²) < 4.78 is 13.1. The summed E-state index contributed by atoms with van der Waals surface area (Å²) in [5, 5.41) is 2.76. The van der Waals surface area contributed by atoms with Crippen LogP contribution in [0.5, 0.6) is 0 Å². The lowest BCUT2D eigenvalue weighted by Gasteiger charge is -2.13. The third-order valence-electron chi connectivity index (χ3n) is 4.44. The van der Waals surface area contributed by atoms with Gasteiger partial charge in [0.1, 0.15) is 5.82 Å². The number of rotatable bonds is 4. The lowest BCUT2D eigenvalue weighted by molar-refractivity contribution is 0.0923. The van der Waals surface area contributed by atoms with E-state index in [0.29, 0.717) is 6.54 Å². The number of nitrogens with one attached hydrogen (secondary N) is 1. The van der Waals surface area contributed by atoms with Crippen molar-refractivity contribution in [1.29, 1.82) is 0 Å². The van der Waals surface area contributed by atoms with Gasteiger partial charge in [-0.25, -0.2) is 9.29 Å². The number of hydrogen-bond donors (Lipinski definition) is 1. The number of benzene rings is 2. The zero-order valence-electron chi connectivity index (χ0n) is 14.6. The lowest BCUT2D eigenvalue weighted by Crippen LogP contribution is -2.29. The summed E-state index contributed by atoms with van der Waals surface area (Å²) in [6, 6.07) is 13.0. The number of amides is 3. The van der Waals surface area contributed by atoms with Crippen LogP contribution in [0, 0.1) is 5.82 Å². The molecule has 3 amide bonds. The maximum Gasteiger partial charge on any atom is 0.266 e. The Morgan fingerprint density at radius 3 is 2.32 bits per heavy atom. The van der Waals surface area contributed by atoms with Gasteiger partial charge in [0.2, 0.25) is 0 Å². The summed E-state index contributed by atoms with van der Waals surface area (Å²) in [4.78, 5) is 42.6. The van der Waals surface area contributed by atoms with Gasteiger partial charge in [-0.2, -0.15) is 0 Å². The number of aromatic nitrogens is 1. The van der Waals surface area contributed by atoms with E-state index >= 15 is 0 Å². The molecule has 1 aliphatic rings. The van der Waals surface area contributed by atoms with E-state index in [0.717, 1.165) is 10.5 Å². The molecule has 2 heterocycles. The van der Waals surface area contributed by atoms with Crippen LogP contribution >= 0.6 is 0 Å². The predicted octanol–water partition coefficient (Wildman–Crippen LogP) is 2.95. The first kappa shape index (κ1) is 17.5. The SMILES string of the molecule is O=C(NCc1ccncc1)c1ccc2c(c1)C(=O)N(c1ccc(F)cc1)C2=O. The number of anilines is 1. The highest BCUT2D eigenvalue weighted by Crippen LogP contribution is 2.29. The van der Waals surface area contributed by atoms with E-state index in [4.69, 9.17) is 0 Å². The second kappa shape index (κ2) is 7.03. The van der Waals surface area contributed by atoms with Crippen molar-refractivity contribution in [2.45, 2.75) is 6.54 Å². The van der Waals surface area contributed by atoms with Crippen molar-refractivity contribution in [3.63, 3.8) is 0 Å². The Labute approximate surface area is 159 Å². The Morgan fingerprint density at radius 1 is 0.929 bits per heavy atom. The normalized spacial score (nSPS) is 12.8. The van der Waals surface area contributed by atoms with Gasteiger partial charge in [-0.05, 0) is 60.2 Å². The van der Waals surface area contributed by atoms with Crippen LogP contribution in [0.1, 0.15) is 36.6 Å². The van der Waals surface area contributed by atoms with Crippen molar-refractivity contribution < 1.29 is 18.8 Å². The molecule has 1 N–H and O–H groups in total. The number of pyridine rings is 1. The fourth-order valence-corrected chi connectivity index (χ4v) is 2.99. The van der Waals surface area contributed by atoms with Gasteiger partial charge >= 0.3 is 0 Å². The van der Waals surface area contributed by atoms with Crippen molar-refractivity contribution in [1.82, 2.24) is 10.3 Å². The smallest absolute Gasteiger partial charge is 0.266 e. The molecule has 1 aliphatic heterocycles. The Morgan fingerprint density at radius 2 is 1.61 bits per heavy atom. The number of carbonyl (C=O) groups excluding carboxylic acids is 3. The van der Waals surface area contributed by atoms with Crippen LogP contribution in [0.2, 0.25) is 0 Å². The van der Waals surface area contributed by atoms with E-state index in [1.165, 1.54) is 42.5 Å². The van der Waals surface area contributed by atoms with Crippen LogP contribution < -0.4 is 10.2 Å². The van der Waals surface area contributed by atoms with Gasteiger partial charge in [-0.3, -0.25) is 19.4 Å². The van der Waals surface area contributed by atoms with Gasteiger partial charge < -0.3 is 5.32 Å². The Bertz CT molecular complexity index is 1080. The third-order valence-corrected chi connectivity index (χ3v) is 4.44. The quantitative estimate of drug-likeness (QED) is 0.711. The summed E-state index contributed by atoms with van der Waals surface area (Å²) in [5.74, 6) is -1.88. The second-order valence-corrected chi connectivity index (χ2v) is 6.22. The molecule has 4 rings (SSSR count). The first-order valence-corrected chi connectivity index (χ1v) is 8.50. The first-order valence-electron chi connectivity index (χ1n) is 8.50. The Balaban J connectivity index is 1.56. The van der Waals surface area contributed by atoms with E-state index in [9.17, 15) is 18.8 Å². The molecule has 0 fully saturated rings. The molecular formula is C21H14FN3O3. The molecular weight excluding hydrogens is 361 g/mol. The molecule has 0 atom stereocenters. The van der Waals surface area contributed by atoms with Crippen molar-refractivity contribution in [3.05, 3.63) is 95.1 Å². The molecule has 28 heavy (non-hydrogen) atoms. The average Bonchev–Trinajstić information content (AvgIpc) is 2.97. The third kappa shape index (κ3) is 3.14. The molecule has 0 spiro atoms. The average molecular weight is 375 g/mol. The maximum absolute atomic E-state index is 13.1. The molecule has 2 aromatic carbocycles.